The quantitative estimate of drug-likeness (QED) is 0.693. The maximum Gasteiger partial charge on any atom is 0.240 e. The molecular formula is C10H20N2O2. The maximum atomic E-state index is 11.8. The second-order valence-electron chi connectivity index (χ2n) is 4.05. The highest BCUT2D eigenvalue weighted by atomic mass is 16.5. The van der Waals surface area contributed by atoms with Crippen LogP contribution >= 0.6 is 0 Å². The second-order valence-corrected chi connectivity index (χ2v) is 4.05. The molecule has 0 spiro atoms. The summed E-state index contributed by atoms with van der Waals surface area (Å²) in [6.45, 7) is 5.20. The van der Waals surface area contributed by atoms with Crippen molar-refractivity contribution in [1.29, 1.82) is 0 Å². The van der Waals surface area contributed by atoms with E-state index in [9.17, 15) is 4.79 Å². The Bertz CT molecular complexity index is 200. The van der Waals surface area contributed by atoms with E-state index in [-0.39, 0.29) is 11.9 Å². The standard InChI is InChI=1S/C10H20N2O2/c1-3-8(2)12-9(13)10(11)4-6-14-7-5-10/h8H,3-7,11H2,1-2H3,(H,12,13). The van der Waals surface area contributed by atoms with Crippen LogP contribution < -0.4 is 11.1 Å². The van der Waals surface area contributed by atoms with Crippen molar-refractivity contribution in [3.8, 4) is 0 Å². The molecule has 0 bridgehead atoms. The van der Waals surface area contributed by atoms with E-state index in [1.165, 1.54) is 0 Å². The van der Waals surface area contributed by atoms with Crippen molar-refractivity contribution in [1.82, 2.24) is 5.32 Å². The van der Waals surface area contributed by atoms with Gasteiger partial charge >= 0.3 is 0 Å². The van der Waals surface area contributed by atoms with Gasteiger partial charge < -0.3 is 15.8 Å². The molecule has 0 saturated carbocycles. The lowest BCUT2D eigenvalue weighted by molar-refractivity contribution is -0.130. The van der Waals surface area contributed by atoms with E-state index in [1.807, 2.05) is 13.8 Å². The number of hydrogen-bond donors (Lipinski definition) is 2. The Morgan fingerprint density at radius 2 is 2.14 bits per heavy atom. The van der Waals surface area contributed by atoms with Crippen LogP contribution in [-0.4, -0.2) is 30.7 Å². The molecule has 0 aromatic heterocycles. The van der Waals surface area contributed by atoms with Gasteiger partial charge in [0.1, 0.15) is 0 Å². The van der Waals surface area contributed by atoms with E-state index >= 15 is 0 Å². The molecule has 1 fully saturated rings. The van der Waals surface area contributed by atoms with Crippen LogP contribution in [0.15, 0.2) is 0 Å². The Balaban J connectivity index is 2.49. The smallest absolute Gasteiger partial charge is 0.240 e. The molecule has 1 heterocycles. The molecule has 0 aromatic rings. The zero-order valence-electron chi connectivity index (χ0n) is 9.01. The lowest BCUT2D eigenvalue weighted by Gasteiger charge is -2.32. The van der Waals surface area contributed by atoms with Gasteiger partial charge in [-0.05, 0) is 26.2 Å². The summed E-state index contributed by atoms with van der Waals surface area (Å²) in [5.74, 6) is -0.0323. The summed E-state index contributed by atoms with van der Waals surface area (Å²) in [6, 6.07) is 0.200. The molecule has 0 aliphatic carbocycles. The summed E-state index contributed by atoms with van der Waals surface area (Å²) in [5, 5.41) is 2.92. The predicted octanol–water partition coefficient (Wildman–Crippen LogP) is 0.409. The first kappa shape index (κ1) is 11.5. The van der Waals surface area contributed by atoms with Gasteiger partial charge in [0.15, 0.2) is 0 Å². The first-order valence-electron chi connectivity index (χ1n) is 5.26. The molecule has 0 aromatic carbocycles. The van der Waals surface area contributed by atoms with Gasteiger partial charge in [-0.3, -0.25) is 4.79 Å². The molecule has 0 radical (unpaired) electrons. The fourth-order valence-electron chi connectivity index (χ4n) is 1.43. The summed E-state index contributed by atoms with van der Waals surface area (Å²) >= 11 is 0. The third-order valence-electron chi connectivity index (χ3n) is 2.83. The molecule has 82 valence electrons. The highest BCUT2D eigenvalue weighted by Crippen LogP contribution is 2.17. The van der Waals surface area contributed by atoms with Crippen molar-refractivity contribution in [3.05, 3.63) is 0 Å². The molecule has 3 N–H and O–H groups in total. The van der Waals surface area contributed by atoms with Crippen LogP contribution in [0.1, 0.15) is 33.1 Å². The van der Waals surface area contributed by atoms with Gasteiger partial charge in [-0.25, -0.2) is 0 Å². The molecule has 1 unspecified atom stereocenters. The first-order chi connectivity index (χ1) is 6.58. The fourth-order valence-corrected chi connectivity index (χ4v) is 1.43. The van der Waals surface area contributed by atoms with Crippen molar-refractivity contribution >= 4 is 5.91 Å². The monoisotopic (exact) mass is 200 g/mol. The Morgan fingerprint density at radius 1 is 1.57 bits per heavy atom. The number of rotatable bonds is 3. The van der Waals surface area contributed by atoms with Gasteiger partial charge in [0.05, 0.1) is 5.54 Å². The fraction of sp³-hybridized carbons (Fsp3) is 0.900. The summed E-state index contributed by atoms with van der Waals surface area (Å²) in [5.41, 5.74) is 5.31. The van der Waals surface area contributed by atoms with Gasteiger partial charge in [0, 0.05) is 19.3 Å². The van der Waals surface area contributed by atoms with E-state index in [0.29, 0.717) is 26.1 Å². The van der Waals surface area contributed by atoms with Crippen LogP contribution in [0.4, 0.5) is 0 Å². The van der Waals surface area contributed by atoms with E-state index in [4.69, 9.17) is 10.5 Å². The number of hydrogen-bond acceptors (Lipinski definition) is 3. The second kappa shape index (κ2) is 4.75. The number of nitrogens with one attached hydrogen (secondary N) is 1. The van der Waals surface area contributed by atoms with Crippen LogP contribution in [-0.2, 0) is 9.53 Å². The first-order valence-corrected chi connectivity index (χ1v) is 5.26. The number of carbonyl (C=O) groups excluding carboxylic acids is 1. The number of carbonyl (C=O) groups is 1. The minimum Gasteiger partial charge on any atom is -0.381 e. The predicted molar refractivity (Wildman–Crippen MR) is 54.9 cm³/mol. The molecule has 14 heavy (non-hydrogen) atoms. The van der Waals surface area contributed by atoms with Crippen LogP contribution in [0.2, 0.25) is 0 Å². The average molecular weight is 200 g/mol. The molecule has 4 nitrogen and oxygen atoms in total. The largest absolute Gasteiger partial charge is 0.381 e. The summed E-state index contributed by atoms with van der Waals surface area (Å²) in [6.07, 6.45) is 2.17. The van der Waals surface area contributed by atoms with E-state index in [0.717, 1.165) is 6.42 Å². The average Bonchev–Trinajstić information content (AvgIpc) is 2.18. The molecule has 1 aliphatic heterocycles. The van der Waals surface area contributed by atoms with Crippen molar-refractivity contribution < 1.29 is 9.53 Å². The molecule has 1 amide bonds. The van der Waals surface area contributed by atoms with Crippen LogP contribution in [0.3, 0.4) is 0 Å². The Morgan fingerprint density at radius 3 is 2.64 bits per heavy atom. The topological polar surface area (TPSA) is 64.4 Å². The molecule has 1 saturated heterocycles. The molecule has 1 rings (SSSR count). The van der Waals surface area contributed by atoms with Crippen LogP contribution in [0, 0.1) is 0 Å². The molecular weight excluding hydrogens is 180 g/mol. The lowest BCUT2D eigenvalue weighted by Crippen LogP contribution is -2.58. The van der Waals surface area contributed by atoms with Crippen molar-refractivity contribution in [2.75, 3.05) is 13.2 Å². The highest BCUT2D eigenvalue weighted by Gasteiger charge is 2.36. The number of nitrogens with two attached hydrogens (primary N) is 1. The molecule has 4 heteroatoms. The van der Waals surface area contributed by atoms with Gasteiger partial charge in [0.2, 0.25) is 5.91 Å². The van der Waals surface area contributed by atoms with E-state index < -0.39 is 5.54 Å². The highest BCUT2D eigenvalue weighted by molar-refractivity contribution is 5.86. The zero-order chi connectivity index (χ0) is 10.6. The Kier molecular flexibility index (Phi) is 3.89. The Labute approximate surface area is 85.2 Å². The van der Waals surface area contributed by atoms with Gasteiger partial charge in [-0.1, -0.05) is 6.92 Å². The minimum atomic E-state index is -0.707. The number of amides is 1. The van der Waals surface area contributed by atoms with Gasteiger partial charge in [-0.2, -0.15) is 0 Å². The van der Waals surface area contributed by atoms with E-state index in [2.05, 4.69) is 5.32 Å². The van der Waals surface area contributed by atoms with Gasteiger partial charge in [0.25, 0.3) is 0 Å². The van der Waals surface area contributed by atoms with Crippen molar-refractivity contribution in [2.45, 2.75) is 44.7 Å². The van der Waals surface area contributed by atoms with Crippen molar-refractivity contribution in [3.63, 3.8) is 0 Å². The normalized spacial score (nSPS) is 22.8. The zero-order valence-corrected chi connectivity index (χ0v) is 9.01. The maximum absolute atomic E-state index is 11.8. The molecule has 1 atom stereocenters. The Hall–Kier alpha value is -0.610. The third kappa shape index (κ3) is 2.69. The van der Waals surface area contributed by atoms with E-state index in [1.54, 1.807) is 0 Å². The molecule has 1 aliphatic rings. The minimum absolute atomic E-state index is 0.0323. The summed E-state index contributed by atoms with van der Waals surface area (Å²) < 4.78 is 5.19. The van der Waals surface area contributed by atoms with Crippen molar-refractivity contribution in [2.24, 2.45) is 5.73 Å². The third-order valence-corrected chi connectivity index (χ3v) is 2.83. The van der Waals surface area contributed by atoms with Crippen LogP contribution in [0.5, 0.6) is 0 Å². The van der Waals surface area contributed by atoms with Crippen LogP contribution in [0.25, 0.3) is 0 Å². The lowest BCUT2D eigenvalue weighted by atomic mass is 9.90. The summed E-state index contributed by atoms with van der Waals surface area (Å²) in [7, 11) is 0. The van der Waals surface area contributed by atoms with Gasteiger partial charge in [-0.15, -0.1) is 0 Å². The summed E-state index contributed by atoms with van der Waals surface area (Å²) in [4.78, 5) is 11.8. The number of ether oxygens (including phenoxy) is 1. The SMILES string of the molecule is CCC(C)NC(=O)C1(N)CCOCC1.